The number of hydrogen-bond acceptors (Lipinski definition) is 3. The van der Waals surface area contributed by atoms with Crippen LogP contribution in [0.2, 0.25) is 0 Å². The van der Waals surface area contributed by atoms with Gasteiger partial charge in [0.1, 0.15) is 19.9 Å². The van der Waals surface area contributed by atoms with Gasteiger partial charge in [-0.1, -0.05) is 11.6 Å². The van der Waals surface area contributed by atoms with E-state index in [2.05, 4.69) is 14.7 Å². The molecule has 3 atom stereocenters. The summed E-state index contributed by atoms with van der Waals surface area (Å²) >= 11 is 12.1. The summed E-state index contributed by atoms with van der Waals surface area (Å²) in [5, 5.41) is 0. The summed E-state index contributed by atoms with van der Waals surface area (Å²) in [5.41, 5.74) is 1.70. The van der Waals surface area contributed by atoms with Crippen molar-refractivity contribution in [1.29, 1.82) is 0 Å². The summed E-state index contributed by atoms with van der Waals surface area (Å²) in [7, 11) is 0. The van der Waals surface area contributed by atoms with Crippen LogP contribution >= 0.6 is 23.2 Å². The molecule has 0 amide bonds. The normalized spacial score (nSPS) is 52.9. The van der Waals surface area contributed by atoms with E-state index in [1.165, 1.54) is 0 Å². The van der Waals surface area contributed by atoms with Crippen LogP contribution in [0.5, 0.6) is 0 Å². The van der Waals surface area contributed by atoms with Crippen molar-refractivity contribution in [1.82, 2.24) is 14.7 Å². The van der Waals surface area contributed by atoms with Crippen LogP contribution in [0.4, 0.5) is 0 Å². The van der Waals surface area contributed by atoms with Crippen LogP contribution in [0.25, 0.3) is 0 Å². The van der Waals surface area contributed by atoms with Crippen LogP contribution in [-0.2, 0) is 0 Å². The highest BCUT2D eigenvalue weighted by Crippen LogP contribution is 2.35. The van der Waals surface area contributed by atoms with Crippen molar-refractivity contribution < 1.29 is 4.48 Å². The lowest BCUT2D eigenvalue weighted by molar-refractivity contribution is -0.987. The molecule has 0 N–H and O–H groups in total. The monoisotopic (exact) mass is 249 g/mol. The molecule has 0 radical (unpaired) electrons. The maximum absolute atomic E-state index is 6.53. The third kappa shape index (κ3) is 1.52. The highest BCUT2D eigenvalue weighted by molar-refractivity contribution is 6.25. The Bertz CT molecular complexity index is 282. The van der Waals surface area contributed by atoms with Crippen molar-refractivity contribution in [3.05, 3.63) is 11.6 Å². The molecular formula is C9H15Cl2N4+. The quantitative estimate of drug-likeness (QED) is 0.408. The van der Waals surface area contributed by atoms with E-state index in [0.717, 1.165) is 44.4 Å². The maximum atomic E-state index is 6.53. The van der Waals surface area contributed by atoms with E-state index < -0.39 is 0 Å². The fourth-order valence-corrected chi connectivity index (χ4v) is 3.43. The third-order valence-electron chi connectivity index (χ3n) is 3.44. The molecule has 4 fully saturated rings. The lowest BCUT2D eigenvalue weighted by Crippen LogP contribution is -2.82. The zero-order chi connectivity index (χ0) is 10.5. The van der Waals surface area contributed by atoms with E-state index in [1.54, 1.807) is 5.54 Å². The van der Waals surface area contributed by atoms with Gasteiger partial charge in [0.25, 0.3) is 0 Å². The molecule has 6 heteroatoms. The predicted molar refractivity (Wildman–Crippen MR) is 59.6 cm³/mol. The van der Waals surface area contributed by atoms with Crippen LogP contribution < -0.4 is 0 Å². The van der Waals surface area contributed by atoms with Gasteiger partial charge in [-0.2, -0.15) is 0 Å². The van der Waals surface area contributed by atoms with Gasteiger partial charge in [-0.3, -0.25) is 4.48 Å². The molecule has 4 saturated heterocycles. The largest absolute Gasteiger partial charge is 0.267 e. The number of halogens is 2. The van der Waals surface area contributed by atoms with Crippen LogP contribution in [0.3, 0.4) is 0 Å². The minimum absolute atomic E-state index is 0.102. The zero-order valence-corrected chi connectivity index (χ0v) is 10.0. The summed E-state index contributed by atoms with van der Waals surface area (Å²) in [5.74, 6) is 0. The molecular weight excluding hydrogens is 235 g/mol. The van der Waals surface area contributed by atoms with Crippen molar-refractivity contribution in [2.24, 2.45) is 0 Å². The molecule has 4 rings (SSSR count). The molecule has 0 aromatic heterocycles. The molecule has 15 heavy (non-hydrogen) atoms. The van der Waals surface area contributed by atoms with Crippen LogP contribution in [0.15, 0.2) is 11.6 Å². The third-order valence-corrected chi connectivity index (χ3v) is 4.31. The first kappa shape index (κ1) is 10.3. The van der Waals surface area contributed by atoms with Crippen molar-refractivity contribution in [2.45, 2.75) is 5.62 Å². The first-order valence-corrected chi connectivity index (χ1v) is 6.05. The van der Waals surface area contributed by atoms with Crippen molar-refractivity contribution >= 4 is 23.2 Å². The Labute approximate surface area is 99.8 Å². The van der Waals surface area contributed by atoms with Crippen molar-refractivity contribution in [3.8, 4) is 0 Å². The molecule has 4 nitrogen and oxygen atoms in total. The average Bonchev–Trinajstić information content (AvgIpc) is 2.22. The van der Waals surface area contributed by atoms with E-state index in [0.29, 0.717) is 0 Å². The van der Waals surface area contributed by atoms with E-state index in [-0.39, 0.29) is 5.62 Å². The Morgan fingerprint density at radius 1 is 1.20 bits per heavy atom. The van der Waals surface area contributed by atoms with Gasteiger partial charge in [0.2, 0.25) is 5.62 Å². The van der Waals surface area contributed by atoms with Crippen LogP contribution in [0.1, 0.15) is 0 Å². The van der Waals surface area contributed by atoms with Gasteiger partial charge in [-0.05, 0) is 17.7 Å². The lowest BCUT2D eigenvalue weighted by Gasteiger charge is -2.62. The van der Waals surface area contributed by atoms with E-state index in [9.17, 15) is 0 Å². The first-order chi connectivity index (χ1) is 7.23. The summed E-state index contributed by atoms with van der Waals surface area (Å²) in [6.07, 6.45) is 2.01. The molecule has 4 bridgehead atoms. The number of quaternary nitrogens is 1. The summed E-state index contributed by atoms with van der Waals surface area (Å²) in [6, 6.07) is 0. The predicted octanol–water partition coefficient (Wildman–Crippen LogP) is 0.812. The summed E-state index contributed by atoms with van der Waals surface area (Å²) < 4.78 is 0.894. The van der Waals surface area contributed by atoms with Crippen LogP contribution in [0, 0.1) is 0 Å². The Hall–Kier alpha value is 0.160. The van der Waals surface area contributed by atoms with E-state index in [1.807, 2.05) is 6.08 Å². The minimum atomic E-state index is 0.102. The first-order valence-electron chi connectivity index (χ1n) is 5.17. The summed E-state index contributed by atoms with van der Waals surface area (Å²) in [6.45, 7) is 6.11. The van der Waals surface area contributed by atoms with Gasteiger partial charge < -0.3 is 0 Å². The van der Waals surface area contributed by atoms with E-state index in [4.69, 9.17) is 23.2 Å². The Kier molecular flexibility index (Phi) is 2.47. The Morgan fingerprint density at radius 2 is 1.87 bits per heavy atom. The smallest absolute Gasteiger partial charge is 0.227 e. The Balaban J connectivity index is 1.87. The lowest BCUT2D eigenvalue weighted by atomic mass is 10.3. The van der Waals surface area contributed by atoms with Gasteiger partial charge in [-0.25, -0.2) is 14.7 Å². The number of nitrogens with zero attached hydrogens (tertiary/aromatic N) is 4. The van der Waals surface area contributed by atoms with Gasteiger partial charge in [-0.15, -0.1) is 0 Å². The van der Waals surface area contributed by atoms with E-state index >= 15 is 0 Å². The van der Waals surface area contributed by atoms with Gasteiger partial charge in [0.15, 0.2) is 0 Å². The maximum Gasteiger partial charge on any atom is 0.227 e. The second-order valence-electron chi connectivity index (χ2n) is 4.71. The molecule has 3 unspecified atom stereocenters. The zero-order valence-electron chi connectivity index (χ0n) is 8.52. The Morgan fingerprint density at radius 3 is 2.47 bits per heavy atom. The second-order valence-corrected chi connectivity index (χ2v) is 5.35. The SMILES string of the molecule is Cl/C=C\C[N+]12CN3CN(CN(C3)C1Cl)C2. The fourth-order valence-electron chi connectivity index (χ4n) is 3.02. The molecule has 0 spiro atoms. The molecule has 0 saturated carbocycles. The molecule has 0 aliphatic carbocycles. The standard InChI is InChI=1S/C9H15Cl2N4/c10-2-1-3-15-7-12-4-13(8-15)6-14(5-12)9(15)11/h1-2,9H,3-8H2/q+1/b2-1-. The average molecular weight is 250 g/mol. The second kappa shape index (κ2) is 3.58. The topological polar surface area (TPSA) is 9.72 Å². The summed E-state index contributed by atoms with van der Waals surface area (Å²) in [4.78, 5) is 7.20. The van der Waals surface area contributed by atoms with Gasteiger partial charge in [0, 0.05) is 5.54 Å². The molecule has 4 heterocycles. The molecule has 0 aromatic rings. The highest BCUT2D eigenvalue weighted by Gasteiger charge is 2.54. The fraction of sp³-hybridized carbons (Fsp3) is 0.778. The van der Waals surface area contributed by atoms with Crippen LogP contribution in [-0.4, -0.2) is 64.7 Å². The minimum Gasteiger partial charge on any atom is -0.267 e. The van der Waals surface area contributed by atoms with Crippen molar-refractivity contribution in [3.63, 3.8) is 0 Å². The number of alkyl halides is 1. The highest BCUT2D eigenvalue weighted by atomic mass is 35.5. The molecule has 0 aromatic carbocycles. The number of hydrogen-bond donors (Lipinski definition) is 0. The van der Waals surface area contributed by atoms with Gasteiger partial charge in [0.05, 0.1) is 20.0 Å². The van der Waals surface area contributed by atoms with Gasteiger partial charge >= 0.3 is 0 Å². The molecule has 4 aliphatic rings. The molecule has 4 aliphatic heterocycles. The number of rotatable bonds is 2. The molecule has 84 valence electrons. The van der Waals surface area contributed by atoms with Crippen molar-refractivity contribution in [2.75, 3.05) is 39.9 Å².